The maximum Gasteiger partial charge on any atom is 0.261 e. The van der Waals surface area contributed by atoms with Crippen LogP contribution >= 0.6 is 11.6 Å². The predicted octanol–water partition coefficient (Wildman–Crippen LogP) is 5.35. The van der Waals surface area contributed by atoms with Gasteiger partial charge in [0, 0.05) is 18.1 Å². The molecule has 0 saturated carbocycles. The van der Waals surface area contributed by atoms with Crippen molar-refractivity contribution in [1.82, 2.24) is 10.2 Å². The molecule has 0 aliphatic heterocycles. The van der Waals surface area contributed by atoms with E-state index in [-0.39, 0.29) is 23.8 Å². The minimum absolute atomic E-state index is 0.0456. The van der Waals surface area contributed by atoms with Crippen molar-refractivity contribution in [2.24, 2.45) is 0 Å². The molecule has 2 amide bonds. The van der Waals surface area contributed by atoms with Crippen molar-refractivity contribution in [3.05, 3.63) is 64.7 Å². The van der Waals surface area contributed by atoms with E-state index in [0.717, 1.165) is 12.0 Å². The van der Waals surface area contributed by atoms with Crippen LogP contribution in [0.5, 0.6) is 5.75 Å². The Morgan fingerprint density at radius 1 is 1.03 bits per heavy atom. The maximum absolute atomic E-state index is 13.2. The SMILES string of the molecule is CCCNC(=O)[C@H](CC)N(Cc1ccc(Cl)cc1)C(=O)COc1ccc(C(C)(C)C)cc1. The van der Waals surface area contributed by atoms with Crippen LogP contribution in [-0.2, 0) is 21.5 Å². The van der Waals surface area contributed by atoms with Gasteiger partial charge in [-0.1, -0.05) is 70.5 Å². The second-order valence-electron chi connectivity index (χ2n) is 8.93. The zero-order valence-corrected chi connectivity index (χ0v) is 20.5. The van der Waals surface area contributed by atoms with Gasteiger partial charge in [-0.25, -0.2) is 0 Å². The summed E-state index contributed by atoms with van der Waals surface area (Å²) in [7, 11) is 0. The number of amides is 2. The Hall–Kier alpha value is -2.53. The fourth-order valence-electron chi connectivity index (χ4n) is 3.35. The van der Waals surface area contributed by atoms with Crippen molar-refractivity contribution in [3.8, 4) is 5.75 Å². The predicted molar refractivity (Wildman–Crippen MR) is 130 cm³/mol. The molecule has 2 rings (SSSR count). The standard InChI is InChI=1S/C26H35ClN2O3/c1-6-16-28-25(31)23(7-2)29(17-19-8-12-21(27)13-9-19)24(30)18-32-22-14-10-20(11-15-22)26(3,4)5/h8-15,23H,6-7,16-18H2,1-5H3,(H,28,31)/t23-/m0/s1. The molecule has 0 aliphatic carbocycles. The lowest BCUT2D eigenvalue weighted by molar-refractivity contribution is -0.143. The van der Waals surface area contributed by atoms with Crippen LogP contribution in [0.1, 0.15) is 58.6 Å². The van der Waals surface area contributed by atoms with E-state index in [1.807, 2.05) is 50.2 Å². The summed E-state index contributed by atoms with van der Waals surface area (Å²) in [6, 6.07) is 14.5. The summed E-state index contributed by atoms with van der Waals surface area (Å²) in [5.41, 5.74) is 2.14. The molecule has 0 saturated heterocycles. The number of rotatable bonds is 10. The number of nitrogens with zero attached hydrogens (tertiary/aromatic N) is 1. The van der Waals surface area contributed by atoms with Crippen molar-refractivity contribution >= 4 is 23.4 Å². The van der Waals surface area contributed by atoms with Crippen molar-refractivity contribution in [3.63, 3.8) is 0 Å². The Morgan fingerprint density at radius 3 is 2.19 bits per heavy atom. The highest BCUT2D eigenvalue weighted by atomic mass is 35.5. The van der Waals surface area contributed by atoms with Gasteiger partial charge in [-0.05, 0) is 53.6 Å². The summed E-state index contributed by atoms with van der Waals surface area (Å²) in [6.07, 6.45) is 1.34. The average Bonchev–Trinajstić information content (AvgIpc) is 2.76. The van der Waals surface area contributed by atoms with Gasteiger partial charge in [0.05, 0.1) is 0 Å². The first-order valence-corrected chi connectivity index (χ1v) is 11.6. The third kappa shape index (κ3) is 7.56. The summed E-state index contributed by atoms with van der Waals surface area (Å²) in [6.45, 7) is 11.1. The van der Waals surface area contributed by atoms with Gasteiger partial charge in [0.25, 0.3) is 5.91 Å². The second kappa shape index (κ2) is 11.9. The molecule has 32 heavy (non-hydrogen) atoms. The summed E-state index contributed by atoms with van der Waals surface area (Å²) >= 11 is 6.00. The number of hydrogen-bond acceptors (Lipinski definition) is 3. The first-order valence-electron chi connectivity index (χ1n) is 11.2. The van der Waals surface area contributed by atoms with E-state index in [2.05, 4.69) is 26.1 Å². The van der Waals surface area contributed by atoms with Gasteiger partial charge < -0.3 is 15.0 Å². The smallest absolute Gasteiger partial charge is 0.261 e. The molecule has 1 N–H and O–H groups in total. The van der Waals surface area contributed by atoms with Crippen LogP contribution in [0.15, 0.2) is 48.5 Å². The van der Waals surface area contributed by atoms with Crippen LogP contribution in [0.2, 0.25) is 5.02 Å². The van der Waals surface area contributed by atoms with Crippen LogP contribution < -0.4 is 10.1 Å². The molecule has 0 heterocycles. The summed E-state index contributed by atoms with van der Waals surface area (Å²) in [4.78, 5) is 27.5. The summed E-state index contributed by atoms with van der Waals surface area (Å²) < 4.78 is 5.78. The largest absolute Gasteiger partial charge is 0.484 e. The normalized spacial score (nSPS) is 12.2. The van der Waals surface area contributed by atoms with Crippen LogP contribution in [0.4, 0.5) is 0 Å². The van der Waals surface area contributed by atoms with E-state index in [9.17, 15) is 9.59 Å². The molecule has 2 aromatic carbocycles. The quantitative estimate of drug-likeness (QED) is 0.522. The summed E-state index contributed by atoms with van der Waals surface area (Å²) in [5.74, 6) is 0.241. The van der Waals surface area contributed by atoms with Gasteiger partial charge in [-0.15, -0.1) is 0 Å². The molecular formula is C26H35ClN2O3. The first kappa shape index (κ1) is 25.7. The average molecular weight is 459 g/mol. The number of ether oxygens (including phenoxy) is 1. The van der Waals surface area contributed by atoms with E-state index in [1.54, 1.807) is 17.0 Å². The molecule has 0 radical (unpaired) electrons. The molecule has 0 spiro atoms. The Bertz CT molecular complexity index is 873. The van der Waals surface area contributed by atoms with E-state index < -0.39 is 6.04 Å². The Morgan fingerprint density at radius 2 is 1.66 bits per heavy atom. The molecular weight excluding hydrogens is 424 g/mol. The number of hydrogen-bond donors (Lipinski definition) is 1. The van der Waals surface area contributed by atoms with Gasteiger partial charge in [0.15, 0.2) is 6.61 Å². The van der Waals surface area contributed by atoms with Gasteiger partial charge in [-0.3, -0.25) is 9.59 Å². The second-order valence-corrected chi connectivity index (χ2v) is 9.36. The van der Waals surface area contributed by atoms with Crippen molar-refractivity contribution in [2.45, 2.75) is 65.5 Å². The molecule has 174 valence electrons. The Labute approximate surface area is 197 Å². The molecule has 0 bridgehead atoms. The van der Waals surface area contributed by atoms with Gasteiger partial charge >= 0.3 is 0 Å². The number of halogens is 1. The highest BCUT2D eigenvalue weighted by molar-refractivity contribution is 6.30. The zero-order chi connectivity index (χ0) is 23.7. The molecule has 2 aromatic rings. The molecule has 6 heteroatoms. The van der Waals surface area contributed by atoms with Crippen LogP contribution in [-0.4, -0.2) is 35.9 Å². The van der Waals surface area contributed by atoms with E-state index in [4.69, 9.17) is 16.3 Å². The highest BCUT2D eigenvalue weighted by Gasteiger charge is 2.28. The zero-order valence-electron chi connectivity index (χ0n) is 19.8. The third-order valence-electron chi connectivity index (χ3n) is 5.28. The molecule has 0 aromatic heterocycles. The third-order valence-corrected chi connectivity index (χ3v) is 5.54. The van der Waals surface area contributed by atoms with Crippen molar-refractivity contribution in [1.29, 1.82) is 0 Å². The summed E-state index contributed by atoms with van der Waals surface area (Å²) in [5, 5.41) is 3.54. The monoisotopic (exact) mass is 458 g/mol. The van der Waals surface area contributed by atoms with Crippen LogP contribution in [0, 0.1) is 0 Å². The van der Waals surface area contributed by atoms with Crippen LogP contribution in [0.25, 0.3) is 0 Å². The number of nitrogens with one attached hydrogen (secondary N) is 1. The lowest BCUT2D eigenvalue weighted by atomic mass is 9.87. The Kier molecular flexibility index (Phi) is 9.58. The van der Waals surface area contributed by atoms with Crippen LogP contribution in [0.3, 0.4) is 0 Å². The number of benzene rings is 2. The lowest BCUT2D eigenvalue weighted by Crippen LogP contribution is -2.50. The maximum atomic E-state index is 13.2. The number of carbonyl (C=O) groups excluding carboxylic acids is 2. The Balaban J connectivity index is 2.16. The minimum Gasteiger partial charge on any atom is -0.484 e. The van der Waals surface area contributed by atoms with E-state index in [1.165, 1.54) is 5.56 Å². The molecule has 0 unspecified atom stereocenters. The molecule has 5 nitrogen and oxygen atoms in total. The molecule has 0 aliphatic rings. The fraction of sp³-hybridized carbons (Fsp3) is 0.462. The fourth-order valence-corrected chi connectivity index (χ4v) is 3.48. The van der Waals surface area contributed by atoms with E-state index >= 15 is 0 Å². The first-order chi connectivity index (χ1) is 15.2. The molecule has 1 atom stereocenters. The lowest BCUT2D eigenvalue weighted by Gasteiger charge is -2.30. The topological polar surface area (TPSA) is 58.6 Å². The van der Waals surface area contributed by atoms with Crippen molar-refractivity contribution in [2.75, 3.05) is 13.2 Å². The number of carbonyl (C=O) groups is 2. The van der Waals surface area contributed by atoms with Crippen molar-refractivity contribution < 1.29 is 14.3 Å². The van der Waals surface area contributed by atoms with Gasteiger partial charge in [0.1, 0.15) is 11.8 Å². The van der Waals surface area contributed by atoms with Gasteiger partial charge in [0.2, 0.25) is 5.91 Å². The van der Waals surface area contributed by atoms with Gasteiger partial charge in [-0.2, -0.15) is 0 Å². The van der Waals surface area contributed by atoms with E-state index in [0.29, 0.717) is 30.3 Å². The molecule has 0 fully saturated rings. The minimum atomic E-state index is -0.573. The highest BCUT2D eigenvalue weighted by Crippen LogP contribution is 2.24.